The Kier molecular flexibility index (Phi) is 4.20. The van der Waals surface area contributed by atoms with Crippen molar-refractivity contribution in [1.82, 2.24) is 20.1 Å². The van der Waals surface area contributed by atoms with Crippen molar-refractivity contribution in [1.29, 1.82) is 0 Å². The molecule has 1 unspecified atom stereocenters. The third kappa shape index (κ3) is 3.20. The number of carbonyl (C=O) groups excluding carboxylic acids is 1. The highest BCUT2D eigenvalue weighted by molar-refractivity contribution is 6.00. The van der Waals surface area contributed by atoms with Crippen LogP contribution in [0, 0.1) is 5.82 Å². The van der Waals surface area contributed by atoms with Crippen LogP contribution in [-0.2, 0) is 7.05 Å². The van der Waals surface area contributed by atoms with Crippen LogP contribution in [0.1, 0.15) is 16.8 Å². The fourth-order valence-corrected chi connectivity index (χ4v) is 3.38. The van der Waals surface area contributed by atoms with Crippen molar-refractivity contribution in [2.75, 3.05) is 18.0 Å². The van der Waals surface area contributed by atoms with E-state index in [1.165, 1.54) is 12.1 Å². The van der Waals surface area contributed by atoms with Crippen molar-refractivity contribution in [3.05, 3.63) is 60.4 Å². The molecule has 1 atom stereocenters. The Morgan fingerprint density at radius 1 is 1.31 bits per heavy atom. The molecule has 2 aromatic heterocycles. The fourth-order valence-electron chi connectivity index (χ4n) is 3.38. The second-order valence-corrected chi connectivity index (χ2v) is 6.57. The quantitative estimate of drug-likeness (QED) is 0.758. The monoisotopic (exact) mass is 353 g/mol. The van der Waals surface area contributed by atoms with Gasteiger partial charge in [0, 0.05) is 61.6 Å². The Labute approximate surface area is 150 Å². The number of aromatic amines is 1. The van der Waals surface area contributed by atoms with Gasteiger partial charge in [-0.25, -0.2) is 4.39 Å². The first-order valence-electron chi connectivity index (χ1n) is 8.57. The van der Waals surface area contributed by atoms with Crippen molar-refractivity contribution in [3.63, 3.8) is 0 Å². The molecule has 1 fully saturated rings. The van der Waals surface area contributed by atoms with Crippen molar-refractivity contribution < 1.29 is 9.18 Å². The molecule has 2 N–H and O–H groups in total. The highest BCUT2D eigenvalue weighted by Gasteiger charge is 2.25. The normalized spacial score (nSPS) is 16.8. The molecule has 3 heterocycles. The minimum atomic E-state index is -0.242. The van der Waals surface area contributed by atoms with Gasteiger partial charge in [-0.05, 0) is 30.7 Å². The maximum Gasteiger partial charge on any atom is 0.253 e. The summed E-state index contributed by atoms with van der Waals surface area (Å²) < 4.78 is 14.8. The van der Waals surface area contributed by atoms with Crippen LogP contribution in [0.25, 0.3) is 11.1 Å². The molecule has 134 valence electrons. The van der Waals surface area contributed by atoms with Gasteiger partial charge in [0.15, 0.2) is 0 Å². The van der Waals surface area contributed by atoms with Crippen molar-refractivity contribution in [3.8, 4) is 11.1 Å². The van der Waals surface area contributed by atoms with E-state index in [-0.39, 0.29) is 17.8 Å². The van der Waals surface area contributed by atoms with Gasteiger partial charge in [0.25, 0.3) is 5.91 Å². The minimum absolute atomic E-state index is 0.0594. The van der Waals surface area contributed by atoms with Gasteiger partial charge in [-0.2, -0.15) is 5.10 Å². The molecule has 0 radical (unpaired) electrons. The van der Waals surface area contributed by atoms with Crippen LogP contribution in [0.3, 0.4) is 0 Å². The van der Waals surface area contributed by atoms with Gasteiger partial charge >= 0.3 is 0 Å². The average molecular weight is 353 g/mol. The lowest BCUT2D eigenvalue weighted by atomic mass is 10.1. The molecule has 0 bridgehead atoms. The Morgan fingerprint density at radius 3 is 2.85 bits per heavy atom. The lowest BCUT2D eigenvalue weighted by Gasteiger charge is -2.19. The molecule has 1 saturated heterocycles. The van der Waals surface area contributed by atoms with Crippen LogP contribution in [0.2, 0.25) is 0 Å². The van der Waals surface area contributed by atoms with Crippen LogP contribution >= 0.6 is 0 Å². The fraction of sp³-hybridized carbons (Fsp3) is 0.263. The number of amides is 1. The van der Waals surface area contributed by atoms with Crippen LogP contribution in [0.15, 0.2) is 49.1 Å². The summed E-state index contributed by atoms with van der Waals surface area (Å²) in [5, 5.41) is 7.27. The number of nitrogens with zero attached hydrogens (tertiary/aromatic N) is 3. The summed E-state index contributed by atoms with van der Waals surface area (Å²) in [7, 11) is 1.85. The predicted octanol–water partition coefficient (Wildman–Crippen LogP) is 2.56. The predicted molar refractivity (Wildman–Crippen MR) is 97.5 cm³/mol. The number of aromatic nitrogens is 3. The van der Waals surface area contributed by atoms with E-state index in [4.69, 9.17) is 0 Å². The molecule has 26 heavy (non-hydrogen) atoms. The second kappa shape index (κ2) is 6.67. The zero-order valence-corrected chi connectivity index (χ0v) is 14.4. The van der Waals surface area contributed by atoms with Gasteiger partial charge in [-0.1, -0.05) is 0 Å². The van der Waals surface area contributed by atoms with Gasteiger partial charge in [-0.15, -0.1) is 0 Å². The molecule has 1 aromatic carbocycles. The van der Waals surface area contributed by atoms with Crippen molar-refractivity contribution >= 4 is 11.6 Å². The molecule has 1 aliphatic rings. The van der Waals surface area contributed by atoms with E-state index in [0.29, 0.717) is 12.1 Å². The summed E-state index contributed by atoms with van der Waals surface area (Å²) in [6.07, 6.45) is 8.00. The summed E-state index contributed by atoms with van der Waals surface area (Å²) >= 11 is 0. The first-order valence-corrected chi connectivity index (χ1v) is 8.57. The van der Waals surface area contributed by atoms with E-state index in [1.54, 1.807) is 29.2 Å². The topological polar surface area (TPSA) is 66.0 Å². The van der Waals surface area contributed by atoms with Crippen LogP contribution in [0.5, 0.6) is 0 Å². The molecular weight excluding hydrogens is 333 g/mol. The van der Waals surface area contributed by atoms with Crippen molar-refractivity contribution in [2.45, 2.75) is 12.5 Å². The van der Waals surface area contributed by atoms with Gasteiger partial charge in [0.05, 0.1) is 11.8 Å². The number of hydrogen-bond donors (Lipinski definition) is 2. The van der Waals surface area contributed by atoms with Crippen LogP contribution in [0.4, 0.5) is 10.1 Å². The average Bonchev–Trinajstić information content (AvgIpc) is 3.35. The molecule has 1 amide bonds. The summed E-state index contributed by atoms with van der Waals surface area (Å²) in [4.78, 5) is 17.9. The lowest BCUT2D eigenvalue weighted by Crippen LogP contribution is -2.37. The number of rotatable bonds is 4. The van der Waals surface area contributed by atoms with E-state index >= 15 is 0 Å². The standard InChI is InChI=1S/C19H20FN5O/c1-24-11-13(8-22-24)17-9-21-10-18(17)19(26)23-15-6-7-25(12-15)16-4-2-14(20)3-5-16/h2-5,8-11,15,21H,6-7,12H2,1H3,(H,23,26). The zero-order chi connectivity index (χ0) is 18.1. The number of hydrogen-bond acceptors (Lipinski definition) is 3. The Bertz CT molecular complexity index is 914. The molecular formula is C19H20FN5O. The van der Waals surface area contributed by atoms with E-state index in [1.807, 2.05) is 19.4 Å². The molecule has 6 nitrogen and oxygen atoms in total. The number of benzene rings is 1. The number of halogens is 1. The number of nitrogens with one attached hydrogen (secondary N) is 2. The SMILES string of the molecule is Cn1cc(-c2c[nH]cc2C(=O)NC2CCN(c3ccc(F)cc3)C2)cn1. The van der Waals surface area contributed by atoms with E-state index in [0.717, 1.165) is 29.8 Å². The second-order valence-electron chi connectivity index (χ2n) is 6.57. The van der Waals surface area contributed by atoms with Gasteiger partial charge in [-0.3, -0.25) is 9.48 Å². The molecule has 7 heteroatoms. The van der Waals surface area contributed by atoms with Crippen molar-refractivity contribution in [2.24, 2.45) is 7.05 Å². The summed E-state index contributed by atoms with van der Waals surface area (Å²) in [6, 6.07) is 6.52. The van der Waals surface area contributed by atoms with E-state index < -0.39 is 0 Å². The smallest absolute Gasteiger partial charge is 0.253 e. The van der Waals surface area contributed by atoms with E-state index in [9.17, 15) is 9.18 Å². The van der Waals surface area contributed by atoms with Gasteiger partial charge in [0.1, 0.15) is 5.82 Å². The Morgan fingerprint density at radius 2 is 2.12 bits per heavy atom. The highest BCUT2D eigenvalue weighted by Crippen LogP contribution is 2.24. The number of H-pyrrole nitrogens is 1. The lowest BCUT2D eigenvalue weighted by molar-refractivity contribution is 0.0941. The molecule has 0 spiro atoms. The maximum absolute atomic E-state index is 13.1. The third-order valence-electron chi connectivity index (χ3n) is 4.72. The maximum atomic E-state index is 13.1. The number of anilines is 1. The first-order chi connectivity index (χ1) is 12.6. The molecule has 0 aliphatic carbocycles. The first kappa shape index (κ1) is 16.4. The number of carbonyl (C=O) groups is 1. The molecule has 0 saturated carbocycles. The van der Waals surface area contributed by atoms with Gasteiger partial charge in [0.2, 0.25) is 0 Å². The number of aryl methyl sites for hydroxylation is 1. The molecule has 3 aromatic rings. The van der Waals surface area contributed by atoms with Crippen LogP contribution < -0.4 is 10.2 Å². The molecule has 4 rings (SSSR count). The van der Waals surface area contributed by atoms with E-state index in [2.05, 4.69) is 20.3 Å². The summed E-state index contributed by atoms with van der Waals surface area (Å²) in [6.45, 7) is 1.54. The largest absolute Gasteiger partial charge is 0.369 e. The van der Waals surface area contributed by atoms with Gasteiger partial charge < -0.3 is 15.2 Å². The van der Waals surface area contributed by atoms with Crippen LogP contribution in [-0.4, -0.2) is 39.8 Å². The summed E-state index contributed by atoms with van der Waals surface area (Å²) in [5.41, 5.74) is 3.32. The Hall–Kier alpha value is -3.09. The third-order valence-corrected chi connectivity index (χ3v) is 4.72. The zero-order valence-electron chi connectivity index (χ0n) is 14.4. The summed E-state index contributed by atoms with van der Waals surface area (Å²) in [5.74, 6) is -0.343. The minimum Gasteiger partial charge on any atom is -0.369 e. The molecule has 1 aliphatic heterocycles. The highest BCUT2D eigenvalue weighted by atomic mass is 19.1. The Balaban J connectivity index is 1.43.